The summed E-state index contributed by atoms with van der Waals surface area (Å²) >= 11 is 0. The van der Waals surface area contributed by atoms with Gasteiger partial charge in [-0.15, -0.1) is 12.4 Å². The van der Waals surface area contributed by atoms with Gasteiger partial charge in [0.25, 0.3) is 5.92 Å². The molecule has 0 radical (unpaired) electrons. The number of hydrogen-bond acceptors (Lipinski definition) is 3. The molecular formula is C14H19ClF2N2O2. The van der Waals surface area contributed by atoms with Gasteiger partial charge >= 0.3 is 0 Å². The minimum Gasteiger partial charge on any atom is -0.380 e. The van der Waals surface area contributed by atoms with Gasteiger partial charge in [0.15, 0.2) is 0 Å². The first-order valence-electron chi connectivity index (χ1n) is 6.46. The van der Waals surface area contributed by atoms with Crippen LogP contribution in [0.4, 0.5) is 8.78 Å². The highest BCUT2D eigenvalue weighted by atomic mass is 35.5. The maximum Gasteiger partial charge on any atom is 0.262 e. The highest BCUT2D eigenvalue weighted by Gasteiger charge is 2.42. The number of benzene rings is 1. The molecule has 1 unspecified atom stereocenters. The van der Waals surface area contributed by atoms with Gasteiger partial charge in [0, 0.05) is 20.1 Å². The Labute approximate surface area is 128 Å². The monoisotopic (exact) mass is 320 g/mol. The molecule has 1 atom stereocenters. The van der Waals surface area contributed by atoms with Crippen molar-refractivity contribution in [2.24, 2.45) is 0 Å². The number of carbonyl (C=O) groups is 1. The zero-order chi connectivity index (χ0) is 14.6. The standard InChI is InChI=1S/C14H18F2N2O2.ClH/c1-20-8-11-4-2-10(3-5-11)7-17-13(19)12-6-14(15,16)9-18-12;/h2-5,12,18H,6-9H2,1H3,(H,17,19);1H. The predicted molar refractivity (Wildman–Crippen MR) is 77.6 cm³/mol. The van der Waals surface area contributed by atoms with E-state index in [1.165, 1.54) is 0 Å². The second kappa shape index (κ2) is 7.68. The van der Waals surface area contributed by atoms with Crippen molar-refractivity contribution < 1.29 is 18.3 Å². The van der Waals surface area contributed by atoms with Gasteiger partial charge in [-0.3, -0.25) is 10.1 Å². The molecule has 1 fully saturated rings. The minimum atomic E-state index is -2.79. The number of ether oxygens (including phenoxy) is 1. The van der Waals surface area contributed by atoms with E-state index in [1.807, 2.05) is 24.3 Å². The topological polar surface area (TPSA) is 50.4 Å². The second-order valence-corrected chi connectivity index (χ2v) is 4.96. The van der Waals surface area contributed by atoms with E-state index in [9.17, 15) is 13.6 Å². The van der Waals surface area contributed by atoms with Crippen molar-refractivity contribution in [1.82, 2.24) is 10.6 Å². The molecule has 1 aliphatic rings. The van der Waals surface area contributed by atoms with Crippen molar-refractivity contribution in [2.45, 2.75) is 31.5 Å². The van der Waals surface area contributed by atoms with Gasteiger partial charge in [-0.05, 0) is 11.1 Å². The third-order valence-corrected chi connectivity index (χ3v) is 3.23. The Kier molecular flexibility index (Phi) is 6.51. The Morgan fingerprint density at radius 3 is 2.52 bits per heavy atom. The molecule has 0 bridgehead atoms. The predicted octanol–water partition coefficient (Wildman–Crippen LogP) is 1.87. The summed E-state index contributed by atoms with van der Waals surface area (Å²) in [5.74, 6) is -3.17. The van der Waals surface area contributed by atoms with Crippen molar-refractivity contribution in [3.8, 4) is 0 Å². The number of amides is 1. The number of carbonyl (C=O) groups excluding carboxylic acids is 1. The van der Waals surface area contributed by atoms with Crippen LogP contribution in [-0.2, 0) is 22.7 Å². The lowest BCUT2D eigenvalue weighted by atomic mass is 10.1. The molecule has 0 spiro atoms. The van der Waals surface area contributed by atoms with Crippen LogP contribution in [0.15, 0.2) is 24.3 Å². The molecule has 0 saturated carbocycles. The zero-order valence-corrected chi connectivity index (χ0v) is 12.5. The first kappa shape index (κ1) is 17.8. The maximum atomic E-state index is 13.0. The number of hydrogen-bond donors (Lipinski definition) is 2. The molecule has 1 aliphatic heterocycles. The van der Waals surface area contributed by atoms with E-state index in [4.69, 9.17) is 4.74 Å². The normalized spacial score (nSPS) is 19.9. The van der Waals surface area contributed by atoms with E-state index in [2.05, 4.69) is 10.6 Å². The Balaban J connectivity index is 0.00000220. The fraction of sp³-hybridized carbons (Fsp3) is 0.500. The molecule has 7 heteroatoms. The molecule has 2 N–H and O–H groups in total. The highest BCUT2D eigenvalue weighted by molar-refractivity contribution is 5.85. The summed E-state index contributed by atoms with van der Waals surface area (Å²) in [6.07, 6.45) is -0.439. The first-order valence-corrected chi connectivity index (χ1v) is 6.46. The van der Waals surface area contributed by atoms with Crippen molar-refractivity contribution in [2.75, 3.05) is 13.7 Å². The number of nitrogens with one attached hydrogen (secondary N) is 2. The fourth-order valence-corrected chi connectivity index (χ4v) is 2.13. The molecule has 0 aromatic heterocycles. The molecule has 1 aromatic rings. The molecule has 0 aliphatic carbocycles. The van der Waals surface area contributed by atoms with E-state index >= 15 is 0 Å². The van der Waals surface area contributed by atoms with E-state index in [0.717, 1.165) is 11.1 Å². The molecule has 1 saturated heterocycles. The quantitative estimate of drug-likeness (QED) is 0.871. The third kappa shape index (κ3) is 5.22. The van der Waals surface area contributed by atoms with Crippen molar-refractivity contribution in [3.05, 3.63) is 35.4 Å². The van der Waals surface area contributed by atoms with Crippen LogP contribution in [0.5, 0.6) is 0 Å². The Morgan fingerprint density at radius 2 is 2.00 bits per heavy atom. The van der Waals surface area contributed by atoms with E-state index in [-0.39, 0.29) is 18.3 Å². The van der Waals surface area contributed by atoms with Crippen LogP contribution in [0, 0.1) is 0 Å². The largest absolute Gasteiger partial charge is 0.380 e. The lowest BCUT2D eigenvalue weighted by Gasteiger charge is -2.11. The van der Waals surface area contributed by atoms with Crippen LogP contribution in [0.2, 0.25) is 0 Å². The van der Waals surface area contributed by atoms with E-state index in [0.29, 0.717) is 13.2 Å². The van der Waals surface area contributed by atoms with Crippen molar-refractivity contribution in [3.63, 3.8) is 0 Å². The second-order valence-electron chi connectivity index (χ2n) is 4.96. The average molecular weight is 321 g/mol. The first-order chi connectivity index (χ1) is 9.50. The number of rotatable bonds is 5. The van der Waals surface area contributed by atoms with Crippen LogP contribution in [0.3, 0.4) is 0 Å². The van der Waals surface area contributed by atoms with Crippen LogP contribution in [-0.4, -0.2) is 31.5 Å². The van der Waals surface area contributed by atoms with Gasteiger partial charge < -0.3 is 10.1 Å². The van der Waals surface area contributed by atoms with Crippen LogP contribution >= 0.6 is 12.4 Å². The highest BCUT2D eigenvalue weighted by Crippen LogP contribution is 2.25. The molecule has 1 amide bonds. The van der Waals surface area contributed by atoms with Crippen LogP contribution < -0.4 is 10.6 Å². The van der Waals surface area contributed by atoms with Gasteiger partial charge in [0.05, 0.1) is 19.2 Å². The molecule has 21 heavy (non-hydrogen) atoms. The minimum absolute atomic E-state index is 0. The summed E-state index contributed by atoms with van der Waals surface area (Å²) in [7, 11) is 1.62. The van der Waals surface area contributed by atoms with Gasteiger partial charge in [0.2, 0.25) is 5.91 Å². The zero-order valence-electron chi connectivity index (χ0n) is 11.7. The summed E-state index contributed by atoms with van der Waals surface area (Å²) < 4.78 is 31.0. The van der Waals surface area contributed by atoms with Crippen molar-refractivity contribution >= 4 is 18.3 Å². The lowest BCUT2D eigenvalue weighted by Crippen LogP contribution is -2.40. The molecular weight excluding hydrogens is 302 g/mol. The van der Waals surface area contributed by atoms with Gasteiger partial charge in [0.1, 0.15) is 0 Å². The Bertz CT molecular complexity index is 469. The fourth-order valence-electron chi connectivity index (χ4n) is 2.13. The Hall–Kier alpha value is -1.24. The molecule has 4 nitrogen and oxygen atoms in total. The third-order valence-electron chi connectivity index (χ3n) is 3.23. The van der Waals surface area contributed by atoms with E-state index in [1.54, 1.807) is 7.11 Å². The summed E-state index contributed by atoms with van der Waals surface area (Å²) in [5.41, 5.74) is 1.96. The molecule has 2 rings (SSSR count). The maximum absolute atomic E-state index is 13.0. The van der Waals surface area contributed by atoms with Gasteiger partial charge in [-0.25, -0.2) is 8.78 Å². The number of methoxy groups -OCH3 is 1. The average Bonchev–Trinajstić information content (AvgIpc) is 2.78. The molecule has 118 valence electrons. The van der Waals surface area contributed by atoms with Gasteiger partial charge in [-0.1, -0.05) is 24.3 Å². The van der Waals surface area contributed by atoms with Gasteiger partial charge in [-0.2, -0.15) is 0 Å². The number of alkyl halides is 2. The van der Waals surface area contributed by atoms with Crippen molar-refractivity contribution in [1.29, 1.82) is 0 Å². The Morgan fingerprint density at radius 1 is 1.38 bits per heavy atom. The van der Waals surface area contributed by atoms with Crippen LogP contribution in [0.25, 0.3) is 0 Å². The van der Waals surface area contributed by atoms with Crippen LogP contribution in [0.1, 0.15) is 17.5 Å². The summed E-state index contributed by atoms with van der Waals surface area (Å²) in [5, 5.41) is 5.19. The smallest absolute Gasteiger partial charge is 0.262 e. The summed E-state index contributed by atoms with van der Waals surface area (Å²) in [6.45, 7) is 0.431. The lowest BCUT2D eigenvalue weighted by molar-refractivity contribution is -0.123. The summed E-state index contributed by atoms with van der Waals surface area (Å²) in [4.78, 5) is 11.7. The molecule has 1 aromatic carbocycles. The van der Waals surface area contributed by atoms with E-state index < -0.39 is 24.9 Å². The summed E-state index contributed by atoms with van der Waals surface area (Å²) in [6, 6.07) is 6.77. The number of halogens is 3. The SMILES string of the molecule is COCc1ccc(CNC(=O)C2CC(F)(F)CN2)cc1.Cl. The molecule has 1 heterocycles.